The Balaban J connectivity index is 3.22. The van der Waals surface area contributed by atoms with E-state index < -0.39 is 0 Å². The minimum atomic E-state index is 0.840. The molecule has 1 aromatic carbocycles. The Bertz CT molecular complexity index is 426. The smallest absolute Gasteiger partial charge is 0.128 e. The van der Waals surface area contributed by atoms with Gasteiger partial charge in [-0.2, -0.15) is 0 Å². The molecule has 0 atom stereocenters. The number of nitrogens with zero attached hydrogens (tertiary/aromatic N) is 1. The van der Waals surface area contributed by atoms with Crippen LogP contribution in [-0.2, 0) is 0 Å². The van der Waals surface area contributed by atoms with E-state index >= 15 is 0 Å². The fourth-order valence-corrected chi connectivity index (χ4v) is 2.07. The van der Waals surface area contributed by atoms with Gasteiger partial charge in [-0.15, -0.1) is 12.6 Å². The van der Waals surface area contributed by atoms with Gasteiger partial charge in [0.1, 0.15) is 5.75 Å². The summed E-state index contributed by atoms with van der Waals surface area (Å²) in [4.78, 5) is 2.10. The van der Waals surface area contributed by atoms with Gasteiger partial charge in [0.2, 0.25) is 0 Å². The minimum absolute atomic E-state index is 0.840. The third kappa shape index (κ3) is 3.07. The first-order valence-electron chi connectivity index (χ1n) is 5.56. The van der Waals surface area contributed by atoms with Crippen molar-refractivity contribution < 1.29 is 4.74 Å². The molecule has 0 bridgehead atoms. The van der Waals surface area contributed by atoms with Crippen molar-refractivity contribution >= 4 is 18.3 Å². The molecule has 17 heavy (non-hydrogen) atoms. The second kappa shape index (κ2) is 6.40. The van der Waals surface area contributed by atoms with Crippen molar-refractivity contribution in [3.05, 3.63) is 47.5 Å². The average Bonchev–Trinajstić information content (AvgIpc) is 2.35. The summed E-state index contributed by atoms with van der Waals surface area (Å²) in [6.07, 6.45) is 0. The molecular formula is C14H19NOS. The van der Waals surface area contributed by atoms with E-state index in [9.17, 15) is 0 Å². The Labute approximate surface area is 109 Å². The van der Waals surface area contributed by atoms with E-state index in [4.69, 9.17) is 4.74 Å². The van der Waals surface area contributed by atoms with Crippen LogP contribution in [0, 0.1) is 0 Å². The lowest BCUT2D eigenvalue weighted by atomic mass is 10.1. The molecule has 3 heteroatoms. The zero-order valence-electron chi connectivity index (χ0n) is 10.6. The van der Waals surface area contributed by atoms with Gasteiger partial charge in [0, 0.05) is 17.8 Å². The maximum absolute atomic E-state index is 5.37. The third-order valence-electron chi connectivity index (χ3n) is 2.57. The highest BCUT2D eigenvalue weighted by Crippen LogP contribution is 2.30. The molecule has 0 spiro atoms. The Kier molecular flexibility index (Phi) is 5.16. The molecule has 0 heterocycles. The summed E-state index contributed by atoms with van der Waals surface area (Å²) >= 11 is 4.30. The van der Waals surface area contributed by atoms with Crippen LogP contribution in [0.2, 0.25) is 0 Å². The fraction of sp³-hybridized carbons (Fsp3) is 0.286. The Hall–Kier alpha value is -1.35. The molecule has 0 aliphatic heterocycles. The second-order valence-corrected chi connectivity index (χ2v) is 3.95. The van der Waals surface area contributed by atoms with Gasteiger partial charge in [0.05, 0.1) is 12.8 Å². The van der Waals surface area contributed by atoms with Crippen molar-refractivity contribution in [1.29, 1.82) is 0 Å². The average molecular weight is 249 g/mol. The summed E-state index contributed by atoms with van der Waals surface area (Å²) in [5, 5.41) is 1.79. The minimum Gasteiger partial charge on any atom is -0.496 e. The molecule has 0 aliphatic carbocycles. The van der Waals surface area contributed by atoms with Crippen molar-refractivity contribution in [2.24, 2.45) is 0 Å². The highest BCUT2D eigenvalue weighted by molar-refractivity contribution is 7.83. The van der Waals surface area contributed by atoms with Crippen LogP contribution in [0.4, 0.5) is 0 Å². The second-order valence-electron chi connectivity index (χ2n) is 3.69. The monoisotopic (exact) mass is 249 g/mol. The van der Waals surface area contributed by atoms with E-state index in [0.717, 1.165) is 29.3 Å². The fourth-order valence-electron chi connectivity index (χ4n) is 1.79. The van der Waals surface area contributed by atoms with Gasteiger partial charge in [-0.1, -0.05) is 18.7 Å². The number of para-hydroxylation sites is 1. The van der Waals surface area contributed by atoms with Gasteiger partial charge in [-0.3, -0.25) is 0 Å². The van der Waals surface area contributed by atoms with E-state index in [1.807, 2.05) is 31.2 Å². The number of allylic oxidation sites excluding steroid dienone is 1. The molecule has 0 N–H and O–H groups in total. The van der Waals surface area contributed by atoms with Crippen LogP contribution >= 0.6 is 12.6 Å². The maximum Gasteiger partial charge on any atom is 0.128 e. The Morgan fingerprint density at radius 1 is 1.47 bits per heavy atom. The first kappa shape index (κ1) is 13.7. The maximum atomic E-state index is 5.37. The molecule has 2 nitrogen and oxygen atoms in total. The van der Waals surface area contributed by atoms with E-state index in [1.54, 1.807) is 12.5 Å². The van der Waals surface area contributed by atoms with Crippen LogP contribution in [0.3, 0.4) is 0 Å². The Morgan fingerprint density at radius 2 is 2.12 bits per heavy atom. The SMILES string of the molecule is C=C(C)N(CC)/C(=C\S)c1ccccc1OC. The van der Waals surface area contributed by atoms with Crippen molar-refractivity contribution in [3.8, 4) is 5.75 Å². The molecular weight excluding hydrogens is 230 g/mol. The predicted octanol–water partition coefficient (Wildman–Crippen LogP) is 3.78. The van der Waals surface area contributed by atoms with Crippen molar-refractivity contribution in [1.82, 2.24) is 4.90 Å². The summed E-state index contributed by atoms with van der Waals surface area (Å²) < 4.78 is 5.37. The number of methoxy groups -OCH3 is 1. The van der Waals surface area contributed by atoms with Gasteiger partial charge in [-0.05, 0) is 31.4 Å². The first-order valence-corrected chi connectivity index (χ1v) is 6.08. The van der Waals surface area contributed by atoms with E-state index in [2.05, 4.69) is 31.0 Å². The molecule has 1 aromatic rings. The zero-order chi connectivity index (χ0) is 12.8. The molecule has 92 valence electrons. The van der Waals surface area contributed by atoms with Gasteiger partial charge in [0.25, 0.3) is 0 Å². The van der Waals surface area contributed by atoms with Crippen molar-refractivity contribution in [2.75, 3.05) is 13.7 Å². The van der Waals surface area contributed by atoms with Crippen molar-refractivity contribution in [3.63, 3.8) is 0 Å². The van der Waals surface area contributed by atoms with Crippen molar-refractivity contribution in [2.45, 2.75) is 13.8 Å². The molecule has 0 saturated carbocycles. The van der Waals surface area contributed by atoms with E-state index in [0.29, 0.717) is 0 Å². The first-order chi connectivity index (χ1) is 8.15. The molecule has 0 radical (unpaired) electrons. The highest BCUT2D eigenvalue weighted by Gasteiger charge is 2.13. The summed E-state index contributed by atoms with van der Waals surface area (Å²) in [5.74, 6) is 0.840. The van der Waals surface area contributed by atoms with Crippen LogP contribution in [-0.4, -0.2) is 18.6 Å². The number of thiol groups is 1. The van der Waals surface area contributed by atoms with Gasteiger partial charge >= 0.3 is 0 Å². The topological polar surface area (TPSA) is 12.5 Å². The van der Waals surface area contributed by atoms with E-state index in [1.165, 1.54) is 0 Å². The quantitative estimate of drug-likeness (QED) is 0.797. The molecule has 0 aliphatic rings. The highest BCUT2D eigenvalue weighted by atomic mass is 32.1. The predicted molar refractivity (Wildman–Crippen MR) is 77.2 cm³/mol. The van der Waals surface area contributed by atoms with Gasteiger partial charge < -0.3 is 9.64 Å². The summed E-state index contributed by atoms with van der Waals surface area (Å²) in [6, 6.07) is 7.91. The Morgan fingerprint density at radius 3 is 2.59 bits per heavy atom. The lowest BCUT2D eigenvalue weighted by molar-refractivity contribution is 0.410. The third-order valence-corrected chi connectivity index (χ3v) is 2.82. The normalized spacial score (nSPS) is 11.2. The lowest BCUT2D eigenvalue weighted by Gasteiger charge is -2.27. The summed E-state index contributed by atoms with van der Waals surface area (Å²) in [5.41, 5.74) is 3.01. The number of rotatable bonds is 5. The summed E-state index contributed by atoms with van der Waals surface area (Å²) in [7, 11) is 1.67. The molecule has 0 unspecified atom stereocenters. The van der Waals surface area contributed by atoms with Gasteiger partial charge in [-0.25, -0.2) is 0 Å². The number of hydrogen-bond donors (Lipinski definition) is 1. The van der Waals surface area contributed by atoms with Crippen LogP contribution in [0.15, 0.2) is 41.9 Å². The van der Waals surface area contributed by atoms with Crippen LogP contribution in [0.1, 0.15) is 19.4 Å². The molecule has 1 rings (SSSR count). The molecule has 0 saturated heterocycles. The zero-order valence-corrected chi connectivity index (χ0v) is 11.5. The van der Waals surface area contributed by atoms with E-state index in [-0.39, 0.29) is 0 Å². The van der Waals surface area contributed by atoms with Crippen LogP contribution in [0.5, 0.6) is 5.75 Å². The van der Waals surface area contributed by atoms with Gasteiger partial charge in [0.15, 0.2) is 0 Å². The summed E-state index contributed by atoms with van der Waals surface area (Å²) in [6.45, 7) is 8.90. The molecule has 0 fully saturated rings. The molecule has 0 aromatic heterocycles. The molecule has 0 amide bonds. The largest absolute Gasteiger partial charge is 0.496 e. The number of ether oxygens (including phenoxy) is 1. The van der Waals surface area contributed by atoms with Crippen LogP contribution in [0.25, 0.3) is 5.70 Å². The standard InChI is InChI=1S/C14H19NOS/c1-5-15(11(2)3)13(10-17)12-8-6-7-9-14(12)16-4/h6-10,17H,2,5H2,1,3-4H3/b13-10-. The number of benzene rings is 1. The number of hydrogen-bond acceptors (Lipinski definition) is 3. The lowest BCUT2D eigenvalue weighted by Crippen LogP contribution is -2.19. The van der Waals surface area contributed by atoms with Crippen LogP contribution < -0.4 is 4.74 Å².